The SMILES string of the molecule is CCCNC(C(C)(C)C)C1(c2ccccc2)CC1. The van der Waals surface area contributed by atoms with Crippen molar-refractivity contribution in [2.24, 2.45) is 5.41 Å². The van der Waals surface area contributed by atoms with Gasteiger partial charge in [0.2, 0.25) is 0 Å². The minimum absolute atomic E-state index is 0.307. The third-order valence-electron chi connectivity index (χ3n) is 4.15. The Morgan fingerprint density at radius 2 is 1.78 bits per heavy atom. The molecule has 18 heavy (non-hydrogen) atoms. The molecule has 1 N–H and O–H groups in total. The summed E-state index contributed by atoms with van der Waals surface area (Å²) in [6.07, 6.45) is 3.86. The maximum atomic E-state index is 3.81. The number of hydrogen-bond acceptors (Lipinski definition) is 1. The second-order valence-corrected chi connectivity index (χ2v) is 6.78. The number of benzene rings is 1. The molecule has 1 aliphatic carbocycles. The van der Waals surface area contributed by atoms with Crippen LogP contribution in [0.2, 0.25) is 0 Å². The van der Waals surface area contributed by atoms with Crippen molar-refractivity contribution in [3.8, 4) is 0 Å². The number of hydrogen-bond donors (Lipinski definition) is 1. The van der Waals surface area contributed by atoms with Crippen molar-refractivity contribution in [2.45, 2.75) is 58.4 Å². The zero-order valence-electron chi connectivity index (χ0n) is 12.3. The standard InChI is InChI=1S/C17H27N/c1-5-13-18-15(16(2,3)4)17(11-12-17)14-9-7-6-8-10-14/h6-10,15,18H,5,11-13H2,1-4H3. The molecular weight excluding hydrogens is 218 g/mol. The Kier molecular flexibility index (Phi) is 3.82. The Balaban J connectivity index is 2.25. The highest BCUT2D eigenvalue weighted by atomic mass is 15.0. The molecule has 0 aliphatic heterocycles. The van der Waals surface area contributed by atoms with E-state index in [1.165, 1.54) is 24.8 Å². The Morgan fingerprint density at radius 3 is 2.22 bits per heavy atom. The van der Waals surface area contributed by atoms with Gasteiger partial charge in [-0.3, -0.25) is 0 Å². The molecule has 1 aliphatic rings. The van der Waals surface area contributed by atoms with E-state index in [2.05, 4.69) is 63.3 Å². The lowest BCUT2D eigenvalue weighted by Crippen LogP contribution is -2.49. The second kappa shape index (κ2) is 5.05. The summed E-state index contributed by atoms with van der Waals surface area (Å²) in [7, 11) is 0. The van der Waals surface area contributed by atoms with Gasteiger partial charge in [-0.15, -0.1) is 0 Å². The fourth-order valence-electron chi connectivity index (χ4n) is 3.27. The zero-order valence-corrected chi connectivity index (χ0v) is 12.3. The lowest BCUT2D eigenvalue weighted by atomic mass is 9.73. The summed E-state index contributed by atoms with van der Waals surface area (Å²) in [6.45, 7) is 10.5. The molecule has 0 saturated heterocycles. The minimum Gasteiger partial charge on any atom is -0.313 e. The average Bonchev–Trinajstić information content (AvgIpc) is 3.11. The zero-order chi connectivity index (χ0) is 13.2. The highest BCUT2D eigenvalue weighted by Gasteiger charge is 2.53. The molecular formula is C17H27N. The van der Waals surface area contributed by atoms with Crippen LogP contribution < -0.4 is 5.32 Å². The molecule has 2 rings (SSSR count). The van der Waals surface area contributed by atoms with E-state index in [1.54, 1.807) is 0 Å². The predicted molar refractivity (Wildman–Crippen MR) is 78.9 cm³/mol. The third-order valence-corrected chi connectivity index (χ3v) is 4.15. The minimum atomic E-state index is 0.307. The highest BCUT2D eigenvalue weighted by Crippen LogP contribution is 2.54. The molecule has 0 bridgehead atoms. The second-order valence-electron chi connectivity index (χ2n) is 6.78. The lowest BCUT2D eigenvalue weighted by Gasteiger charge is -2.39. The first kappa shape index (κ1) is 13.6. The van der Waals surface area contributed by atoms with E-state index in [9.17, 15) is 0 Å². The van der Waals surface area contributed by atoms with Crippen molar-refractivity contribution < 1.29 is 0 Å². The molecule has 0 amide bonds. The first-order valence-electron chi connectivity index (χ1n) is 7.29. The number of nitrogens with one attached hydrogen (secondary N) is 1. The Bertz CT molecular complexity index is 370. The van der Waals surface area contributed by atoms with Gasteiger partial charge in [-0.25, -0.2) is 0 Å². The Labute approximate surface area is 112 Å². The van der Waals surface area contributed by atoms with Crippen LogP contribution in [0.15, 0.2) is 30.3 Å². The van der Waals surface area contributed by atoms with Crippen molar-refractivity contribution in [1.29, 1.82) is 0 Å². The molecule has 1 unspecified atom stereocenters. The van der Waals surface area contributed by atoms with E-state index >= 15 is 0 Å². The van der Waals surface area contributed by atoms with Crippen molar-refractivity contribution >= 4 is 0 Å². The molecule has 1 nitrogen and oxygen atoms in total. The van der Waals surface area contributed by atoms with Gasteiger partial charge in [0.25, 0.3) is 0 Å². The summed E-state index contributed by atoms with van der Waals surface area (Å²) in [6, 6.07) is 11.7. The molecule has 1 fully saturated rings. The summed E-state index contributed by atoms with van der Waals surface area (Å²) < 4.78 is 0. The fraction of sp³-hybridized carbons (Fsp3) is 0.647. The van der Waals surface area contributed by atoms with Crippen LogP contribution in [-0.4, -0.2) is 12.6 Å². The van der Waals surface area contributed by atoms with Crippen molar-refractivity contribution in [2.75, 3.05) is 6.54 Å². The van der Waals surface area contributed by atoms with Crippen LogP contribution in [0.3, 0.4) is 0 Å². The van der Waals surface area contributed by atoms with Crippen molar-refractivity contribution in [3.63, 3.8) is 0 Å². The lowest BCUT2D eigenvalue weighted by molar-refractivity contribution is 0.219. The van der Waals surface area contributed by atoms with Gasteiger partial charge in [-0.05, 0) is 36.8 Å². The molecule has 0 radical (unpaired) electrons. The molecule has 0 spiro atoms. The molecule has 1 aromatic rings. The Hall–Kier alpha value is -0.820. The maximum Gasteiger partial charge on any atom is 0.0212 e. The first-order chi connectivity index (χ1) is 8.50. The van der Waals surface area contributed by atoms with Gasteiger partial charge in [-0.1, -0.05) is 58.0 Å². The first-order valence-corrected chi connectivity index (χ1v) is 7.29. The number of rotatable bonds is 5. The van der Waals surface area contributed by atoms with Crippen LogP contribution >= 0.6 is 0 Å². The van der Waals surface area contributed by atoms with E-state index in [1.807, 2.05) is 0 Å². The summed E-state index contributed by atoms with van der Waals surface area (Å²) in [5, 5.41) is 3.81. The molecule has 1 aromatic carbocycles. The summed E-state index contributed by atoms with van der Waals surface area (Å²) in [4.78, 5) is 0. The van der Waals surface area contributed by atoms with Gasteiger partial charge in [0, 0.05) is 11.5 Å². The summed E-state index contributed by atoms with van der Waals surface area (Å²) >= 11 is 0. The van der Waals surface area contributed by atoms with Crippen molar-refractivity contribution in [1.82, 2.24) is 5.32 Å². The van der Waals surface area contributed by atoms with Gasteiger partial charge in [0.1, 0.15) is 0 Å². The van der Waals surface area contributed by atoms with Crippen LogP contribution in [-0.2, 0) is 5.41 Å². The monoisotopic (exact) mass is 245 g/mol. The maximum absolute atomic E-state index is 3.81. The normalized spacial score (nSPS) is 19.6. The van der Waals surface area contributed by atoms with Crippen LogP contribution in [0.4, 0.5) is 0 Å². The van der Waals surface area contributed by atoms with Gasteiger partial charge in [0.15, 0.2) is 0 Å². The van der Waals surface area contributed by atoms with E-state index in [4.69, 9.17) is 0 Å². The molecule has 1 heteroatoms. The largest absolute Gasteiger partial charge is 0.313 e. The van der Waals surface area contributed by atoms with E-state index in [-0.39, 0.29) is 0 Å². The predicted octanol–water partition coefficient (Wildman–Crippen LogP) is 4.13. The van der Waals surface area contributed by atoms with E-state index < -0.39 is 0 Å². The Morgan fingerprint density at radius 1 is 1.17 bits per heavy atom. The third kappa shape index (κ3) is 2.61. The fourth-order valence-corrected chi connectivity index (χ4v) is 3.27. The molecule has 0 heterocycles. The van der Waals surface area contributed by atoms with Gasteiger partial charge in [-0.2, -0.15) is 0 Å². The average molecular weight is 245 g/mol. The van der Waals surface area contributed by atoms with Crippen molar-refractivity contribution in [3.05, 3.63) is 35.9 Å². The molecule has 0 aromatic heterocycles. The van der Waals surface area contributed by atoms with Gasteiger partial charge >= 0.3 is 0 Å². The van der Waals surface area contributed by atoms with E-state index in [0.717, 1.165) is 6.54 Å². The van der Waals surface area contributed by atoms with Crippen LogP contribution in [0.5, 0.6) is 0 Å². The van der Waals surface area contributed by atoms with Crippen LogP contribution in [0.1, 0.15) is 52.5 Å². The molecule has 1 saturated carbocycles. The smallest absolute Gasteiger partial charge is 0.0212 e. The van der Waals surface area contributed by atoms with Gasteiger partial charge < -0.3 is 5.32 Å². The van der Waals surface area contributed by atoms with Crippen LogP contribution in [0, 0.1) is 5.41 Å². The summed E-state index contributed by atoms with van der Waals surface area (Å²) in [5.74, 6) is 0. The molecule has 100 valence electrons. The van der Waals surface area contributed by atoms with Crippen LogP contribution in [0.25, 0.3) is 0 Å². The highest BCUT2D eigenvalue weighted by molar-refractivity contribution is 5.34. The van der Waals surface area contributed by atoms with E-state index in [0.29, 0.717) is 16.9 Å². The summed E-state index contributed by atoms with van der Waals surface area (Å²) in [5.41, 5.74) is 2.21. The molecule has 1 atom stereocenters. The van der Waals surface area contributed by atoms with Gasteiger partial charge in [0.05, 0.1) is 0 Å². The quantitative estimate of drug-likeness (QED) is 0.822. The topological polar surface area (TPSA) is 12.0 Å².